The predicted molar refractivity (Wildman–Crippen MR) is 91.6 cm³/mol. The molecule has 0 atom stereocenters. The lowest BCUT2D eigenvalue weighted by molar-refractivity contribution is -0.111. The second-order valence-corrected chi connectivity index (χ2v) is 5.45. The van der Waals surface area contributed by atoms with Crippen molar-refractivity contribution in [3.8, 4) is 0 Å². The molecule has 0 fully saturated rings. The van der Waals surface area contributed by atoms with Crippen LogP contribution in [0.4, 0.5) is 5.69 Å². The summed E-state index contributed by atoms with van der Waals surface area (Å²) in [6.07, 6.45) is 3.18. The molecule has 0 saturated carbocycles. The fourth-order valence-corrected chi connectivity index (χ4v) is 2.27. The quantitative estimate of drug-likeness (QED) is 0.822. The van der Waals surface area contributed by atoms with Gasteiger partial charge in [0.15, 0.2) is 0 Å². The molecule has 2 rings (SSSR count). The first-order valence-corrected chi connectivity index (χ1v) is 7.44. The average molecular weight is 359 g/mol. The first-order valence-electron chi connectivity index (χ1n) is 6.65. The van der Waals surface area contributed by atoms with E-state index < -0.39 is 0 Å². The van der Waals surface area contributed by atoms with Crippen LogP contribution in [0.25, 0.3) is 6.08 Å². The Balaban J connectivity index is 2.04. The van der Waals surface area contributed by atoms with Crippen LogP contribution < -0.4 is 10.6 Å². The number of carbonyl (C=O) groups excluding carboxylic acids is 2. The van der Waals surface area contributed by atoms with Gasteiger partial charge >= 0.3 is 0 Å². The summed E-state index contributed by atoms with van der Waals surface area (Å²) in [5.74, 6) is -0.449. The van der Waals surface area contributed by atoms with Crippen LogP contribution >= 0.6 is 15.9 Å². The van der Waals surface area contributed by atoms with Gasteiger partial charge in [-0.25, -0.2) is 0 Å². The van der Waals surface area contributed by atoms with Gasteiger partial charge in [0.1, 0.15) is 0 Å². The van der Waals surface area contributed by atoms with E-state index >= 15 is 0 Å². The van der Waals surface area contributed by atoms with E-state index in [9.17, 15) is 9.59 Å². The third-order valence-electron chi connectivity index (χ3n) is 2.90. The minimum absolute atomic E-state index is 0.194. The first-order chi connectivity index (χ1) is 10.6. The van der Waals surface area contributed by atoms with E-state index in [1.165, 1.54) is 6.08 Å². The molecule has 2 aromatic rings. The van der Waals surface area contributed by atoms with Crippen LogP contribution in [-0.4, -0.2) is 18.9 Å². The summed E-state index contributed by atoms with van der Waals surface area (Å²) < 4.78 is 0.952. The second-order valence-electron chi connectivity index (χ2n) is 4.54. The van der Waals surface area contributed by atoms with Crippen molar-refractivity contribution in [1.29, 1.82) is 0 Å². The van der Waals surface area contributed by atoms with Gasteiger partial charge in [0, 0.05) is 28.8 Å². The standard InChI is InChI=1S/C17H15BrN2O2/c1-19-17(22)13-5-3-7-15(11-13)20-16(21)9-8-12-4-2-6-14(18)10-12/h2-11H,1H3,(H,19,22)(H,20,21). The third kappa shape index (κ3) is 4.56. The SMILES string of the molecule is CNC(=O)c1cccc(NC(=O)C=Cc2cccc(Br)c2)c1. The molecule has 0 aliphatic rings. The molecule has 0 bridgehead atoms. The number of carbonyl (C=O) groups is 2. The molecule has 2 amide bonds. The average Bonchev–Trinajstić information content (AvgIpc) is 2.52. The lowest BCUT2D eigenvalue weighted by Crippen LogP contribution is -2.18. The largest absolute Gasteiger partial charge is 0.355 e. The van der Waals surface area contributed by atoms with Gasteiger partial charge in [0.05, 0.1) is 0 Å². The molecular weight excluding hydrogens is 344 g/mol. The molecule has 112 valence electrons. The minimum Gasteiger partial charge on any atom is -0.355 e. The smallest absolute Gasteiger partial charge is 0.251 e. The zero-order valence-electron chi connectivity index (χ0n) is 12.0. The molecule has 22 heavy (non-hydrogen) atoms. The van der Waals surface area contributed by atoms with Crippen LogP contribution in [0.15, 0.2) is 59.1 Å². The maximum absolute atomic E-state index is 11.9. The normalized spacial score (nSPS) is 10.5. The molecular formula is C17H15BrN2O2. The number of nitrogens with one attached hydrogen (secondary N) is 2. The van der Waals surface area contributed by atoms with Gasteiger partial charge in [-0.15, -0.1) is 0 Å². The molecule has 0 heterocycles. The maximum Gasteiger partial charge on any atom is 0.251 e. The fraction of sp³-hybridized carbons (Fsp3) is 0.0588. The zero-order valence-corrected chi connectivity index (χ0v) is 13.6. The van der Waals surface area contributed by atoms with Gasteiger partial charge in [0.2, 0.25) is 5.91 Å². The second kappa shape index (κ2) is 7.56. The van der Waals surface area contributed by atoms with Crippen LogP contribution in [0.2, 0.25) is 0 Å². The number of hydrogen-bond acceptors (Lipinski definition) is 2. The van der Waals surface area contributed by atoms with Gasteiger partial charge in [-0.05, 0) is 42.0 Å². The van der Waals surface area contributed by atoms with Gasteiger partial charge in [-0.3, -0.25) is 9.59 Å². The zero-order chi connectivity index (χ0) is 15.9. The Morgan fingerprint density at radius 1 is 1.09 bits per heavy atom. The molecule has 2 N–H and O–H groups in total. The van der Waals surface area contributed by atoms with E-state index in [0.717, 1.165) is 10.0 Å². The Hall–Kier alpha value is -2.40. The van der Waals surface area contributed by atoms with Crippen LogP contribution in [-0.2, 0) is 4.79 Å². The van der Waals surface area contributed by atoms with Gasteiger partial charge in [-0.2, -0.15) is 0 Å². The summed E-state index contributed by atoms with van der Waals surface area (Å²) in [5, 5.41) is 5.27. The summed E-state index contributed by atoms with van der Waals surface area (Å²) in [7, 11) is 1.56. The van der Waals surface area contributed by atoms with Crippen molar-refractivity contribution >= 4 is 39.5 Å². The van der Waals surface area contributed by atoms with Crippen molar-refractivity contribution in [3.05, 3.63) is 70.2 Å². The minimum atomic E-state index is -0.256. The molecule has 2 aromatic carbocycles. The number of hydrogen-bond donors (Lipinski definition) is 2. The highest BCUT2D eigenvalue weighted by molar-refractivity contribution is 9.10. The van der Waals surface area contributed by atoms with Crippen LogP contribution in [0.5, 0.6) is 0 Å². The van der Waals surface area contributed by atoms with E-state index in [-0.39, 0.29) is 11.8 Å². The summed E-state index contributed by atoms with van der Waals surface area (Å²) >= 11 is 3.38. The number of benzene rings is 2. The lowest BCUT2D eigenvalue weighted by Gasteiger charge is -2.05. The van der Waals surface area contributed by atoms with Crippen molar-refractivity contribution in [3.63, 3.8) is 0 Å². The number of halogens is 1. The maximum atomic E-state index is 11.9. The van der Waals surface area contributed by atoms with Crippen LogP contribution in [0.3, 0.4) is 0 Å². The van der Waals surface area contributed by atoms with Crippen LogP contribution in [0.1, 0.15) is 15.9 Å². The molecule has 0 spiro atoms. The highest BCUT2D eigenvalue weighted by Gasteiger charge is 2.04. The molecule has 0 unspecified atom stereocenters. The van der Waals surface area contributed by atoms with Crippen molar-refractivity contribution in [2.24, 2.45) is 0 Å². The summed E-state index contributed by atoms with van der Waals surface area (Å²) in [6.45, 7) is 0. The topological polar surface area (TPSA) is 58.2 Å². The Kier molecular flexibility index (Phi) is 5.49. The Bertz CT molecular complexity index is 726. The van der Waals surface area contributed by atoms with Crippen LogP contribution in [0, 0.1) is 0 Å². The fourth-order valence-electron chi connectivity index (χ4n) is 1.85. The lowest BCUT2D eigenvalue weighted by atomic mass is 10.2. The number of rotatable bonds is 4. The predicted octanol–water partition coefficient (Wildman–Crippen LogP) is 3.46. The Morgan fingerprint density at radius 2 is 1.86 bits per heavy atom. The summed E-state index contributed by atoms with van der Waals surface area (Å²) in [5.41, 5.74) is 1.99. The van der Waals surface area contributed by atoms with Gasteiger partial charge < -0.3 is 10.6 Å². The molecule has 0 aromatic heterocycles. The molecule has 0 aliphatic heterocycles. The highest BCUT2D eigenvalue weighted by atomic mass is 79.9. The first kappa shape index (κ1) is 16.0. The summed E-state index contributed by atoms with van der Waals surface area (Å²) in [4.78, 5) is 23.5. The molecule has 0 saturated heterocycles. The van der Waals surface area contributed by atoms with E-state index in [4.69, 9.17) is 0 Å². The van der Waals surface area contributed by atoms with Gasteiger partial charge in [-0.1, -0.05) is 34.1 Å². The summed E-state index contributed by atoms with van der Waals surface area (Å²) in [6, 6.07) is 14.4. The van der Waals surface area contributed by atoms with Crippen molar-refractivity contribution in [1.82, 2.24) is 5.32 Å². The number of anilines is 1. The molecule has 0 aliphatic carbocycles. The molecule has 4 nitrogen and oxygen atoms in total. The van der Waals surface area contributed by atoms with Gasteiger partial charge in [0.25, 0.3) is 5.91 Å². The highest BCUT2D eigenvalue weighted by Crippen LogP contribution is 2.13. The van der Waals surface area contributed by atoms with E-state index in [0.29, 0.717) is 11.3 Å². The van der Waals surface area contributed by atoms with Crippen molar-refractivity contribution < 1.29 is 9.59 Å². The third-order valence-corrected chi connectivity index (χ3v) is 3.39. The molecule has 5 heteroatoms. The van der Waals surface area contributed by atoms with Crippen molar-refractivity contribution in [2.75, 3.05) is 12.4 Å². The van der Waals surface area contributed by atoms with E-state index in [2.05, 4.69) is 26.6 Å². The Labute approximate surface area is 137 Å². The number of amides is 2. The van der Waals surface area contributed by atoms with E-state index in [1.54, 1.807) is 37.4 Å². The monoisotopic (exact) mass is 358 g/mol. The Morgan fingerprint density at radius 3 is 2.59 bits per heavy atom. The molecule has 0 radical (unpaired) electrons. The van der Waals surface area contributed by atoms with E-state index in [1.807, 2.05) is 24.3 Å². The van der Waals surface area contributed by atoms with Crippen molar-refractivity contribution in [2.45, 2.75) is 0 Å².